The molecule has 1 aromatic rings. The normalized spacial score (nSPS) is 13.6. The number of hydrogen-bond donors (Lipinski definition) is 1. The van der Waals surface area contributed by atoms with Crippen molar-refractivity contribution in [3.05, 3.63) is 33.9 Å². The van der Waals surface area contributed by atoms with E-state index in [9.17, 15) is 20.0 Å². The number of carboxylic acid groups (broad SMARTS) is 1. The van der Waals surface area contributed by atoms with E-state index >= 15 is 0 Å². The zero-order chi connectivity index (χ0) is 14.6. The number of hydrogen-bond acceptors (Lipinski definition) is 4. The maximum atomic E-state index is 11.3. The molecule has 104 valence electrons. The molecule has 0 radical (unpaired) electrons. The molecule has 19 heavy (non-hydrogen) atoms. The summed E-state index contributed by atoms with van der Waals surface area (Å²) in [5, 5.41) is 20.1. The van der Waals surface area contributed by atoms with Crippen LogP contribution in [0, 0.1) is 15.5 Å². The molecule has 0 aromatic heterocycles. The molecule has 0 fully saturated rings. The molecule has 0 aliphatic rings. The van der Waals surface area contributed by atoms with Crippen LogP contribution in [0.4, 0.5) is 5.69 Å². The summed E-state index contributed by atoms with van der Waals surface area (Å²) >= 11 is 0. The van der Waals surface area contributed by atoms with Gasteiger partial charge in [-0.25, -0.2) is 0 Å². The number of ether oxygens (including phenoxy) is 1. The number of benzene rings is 1. The number of carbonyl (C=O) groups is 1. The average molecular weight is 267 g/mol. The molecule has 6 nitrogen and oxygen atoms in total. The van der Waals surface area contributed by atoms with Crippen molar-refractivity contribution in [3.8, 4) is 5.75 Å². The smallest absolute Gasteiger partial charge is 0.309 e. The number of rotatable bonds is 6. The predicted molar refractivity (Wildman–Crippen MR) is 69.4 cm³/mol. The van der Waals surface area contributed by atoms with E-state index in [0.717, 1.165) is 0 Å². The third kappa shape index (κ3) is 3.43. The lowest BCUT2D eigenvalue weighted by atomic mass is 9.81. The molecule has 0 bridgehead atoms. The Labute approximate surface area is 111 Å². The summed E-state index contributed by atoms with van der Waals surface area (Å²) < 4.78 is 5.00. The van der Waals surface area contributed by atoms with Gasteiger partial charge in [0.25, 0.3) is 5.69 Å². The number of methoxy groups -OCH3 is 1. The summed E-state index contributed by atoms with van der Waals surface area (Å²) in [7, 11) is 1.42. The van der Waals surface area contributed by atoms with Crippen molar-refractivity contribution in [1.82, 2.24) is 0 Å². The molecule has 1 unspecified atom stereocenters. The first-order chi connectivity index (χ1) is 8.82. The van der Waals surface area contributed by atoms with Gasteiger partial charge in [-0.2, -0.15) is 0 Å². The summed E-state index contributed by atoms with van der Waals surface area (Å²) in [6, 6.07) is 4.33. The molecule has 1 atom stereocenters. The van der Waals surface area contributed by atoms with E-state index in [1.807, 2.05) is 0 Å². The Kier molecular flexibility index (Phi) is 4.47. The SMILES string of the molecule is CCC(C)(Cc1cc(OC)cc([N+](=O)[O-])c1)C(=O)O. The molecule has 0 aliphatic carbocycles. The van der Waals surface area contributed by atoms with Crippen LogP contribution in [0.1, 0.15) is 25.8 Å². The molecule has 1 N–H and O–H groups in total. The fourth-order valence-electron chi connectivity index (χ4n) is 1.77. The van der Waals surface area contributed by atoms with Crippen LogP contribution in [0.25, 0.3) is 0 Å². The van der Waals surface area contributed by atoms with Gasteiger partial charge in [0.1, 0.15) is 5.75 Å². The fraction of sp³-hybridized carbons (Fsp3) is 0.462. The number of nitro groups is 1. The van der Waals surface area contributed by atoms with Crippen LogP contribution in [0.5, 0.6) is 5.75 Å². The van der Waals surface area contributed by atoms with Gasteiger partial charge in [-0.3, -0.25) is 14.9 Å². The average Bonchev–Trinajstić information content (AvgIpc) is 2.37. The standard InChI is InChI=1S/C13H17NO5/c1-4-13(2,12(15)16)8-9-5-10(14(17)18)7-11(6-9)19-3/h5-7H,4,8H2,1-3H3,(H,15,16). The summed E-state index contributed by atoms with van der Waals surface area (Å²) in [6.07, 6.45) is 0.657. The Balaban J connectivity index is 3.16. The van der Waals surface area contributed by atoms with Gasteiger partial charge in [-0.1, -0.05) is 6.92 Å². The van der Waals surface area contributed by atoms with E-state index in [0.29, 0.717) is 17.7 Å². The van der Waals surface area contributed by atoms with Gasteiger partial charge in [0, 0.05) is 6.07 Å². The molecule has 0 amide bonds. The van der Waals surface area contributed by atoms with Crippen LogP contribution in [0.15, 0.2) is 18.2 Å². The third-order valence-corrected chi connectivity index (χ3v) is 3.29. The summed E-state index contributed by atoms with van der Waals surface area (Å²) in [6.45, 7) is 3.41. The Hall–Kier alpha value is -2.11. The van der Waals surface area contributed by atoms with Gasteiger partial charge in [0.2, 0.25) is 0 Å². The maximum absolute atomic E-state index is 11.3. The number of nitro benzene ring substituents is 1. The topological polar surface area (TPSA) is 89.7 Å². The lowest BCUT2D eigenvalue weighted by Gasteiger charge is -2.23. The van der Waals surface area contributed by atoms with Gasteiger partial charge < -0.3 is 9.84 Å². The molecule has 0 heterocycles. The molecule has 0 spiro atoms. The zero-order valence-electron chi connectivity index (χ0n) is 11.2. The molecule has 0 saturated heterocycles. The largest absolute Gasteiger partial charge is 0.496 e. The summed E-state index contributed by atoms with van der Waals surface area (Å²) in [5.74, 6) is -0.562. The number of aliphatic carboxylic acids is 1. The van der Waals surface area contributed by atoms with Crippen LogP contribution in [0.2, 0.25) is 0 Å². The van der Waals surface area contributed by atoms with E-state index < -0.39 is 16.3 Å². The Morgan fingerprint density at radius 2 is 2.11 bits per heavy atom. The number of nitrogens with zero attached hydrogens (tertiary/aromatic N) is 1. The van der Waals surface area contributed by atoms with E-state index in [4.69, 9.17) is 4.74 Å². The fourth-order valence-corrected chi connectivity index (χ4v) is 1.77. The van der Waals surface area contributed by atoms with Crippen LogP contribution < -0.4 is 4.74 Å². The molecule has 0 aliphatic heterocycles. The maximum Gasteiger partial charge on any atom is 0.309 e. The minimum Gasteiger partial charge on any atom is -0.496 e. The number of carboxylic acids is 1. The van der Waals surface area contributed by atoms with Crippen LogP contribution >= 0.6 is 0 Å². The van der Waals surface area contributed by atoms with Crippen LogP contribution in [-0.2, 0) is 11.2 Å². The minimum absolute atomic E-state index is 0.0989. The molecule has 6 heteroatoms. The highest BCUT2D eigenvalue weighted by Gasteiger charge is 2.31. The van der Waals surface area contributed by atoms with Gasteiger partial charge in [-0.15, -0.1) is 0 Å². The third-order valence-electron chi connectivity index (χ3n) is 3.29. The molecule has 0 saturated carbocycles. The van der Waals surface area contributed by atoms with Crippen molar-refractivity contribution in [2.75, 3.05) is 7.11 Å². The highest BCUT2D eigenvalue weighted by atomic mass is 16.6. The monoisotopic (exact) mass is 267 g/mol. The minimum atomic E-state index is -0.944. The van der Waals surface area contributed by atoms with E-state index in [2.05, 4.69) is 0 Å². The highest BCUT2D eigenvalue weighted by Crippen LogP contribution is 2.30. The first kappa shape index (κ1) is 14.9. The Bertz CT molecular complexity index is 500. The van der Waals surface area contributed by atoms with Crippen molar-refractivity contribution in [3.63, 3.8) is 0 Å². The van der Waals surface area contributed by atoms with Crippen molar-refractivity contribution >= 4 is 11.7 Å². The Morgan fingerprint density at radius 1 is 1.47 bits per heavy atom. The molecular weight excluding hydrogens is 250 g/mol. The van der Waals surface area contributed by atoms with Crippen LogP contribution in [-0.4, -0.2) is 23.1 Å². The quantitative estimate of drug-likeness (QED) is 0.632. The van der Waals surface area contributed by atoms with Crippen molar-refractivity contribution in [2.45, 2.75) is 26.7 Å². The van der Waals surface area contributed by atoms with E-state index in [1.54, 1.807) is 19.9 Å². The van der Waals surface area contributed by atoms with Gasteiger partial charge >= 0.3 is 5.97 Å². The van der Waals surface area contributed by atoms with E-state index in [1.165, 1.54) is 19.2 Å². The van der Waals surface area contributed by atoms with Gasteiger partial charge in [0.15, 0.2) is 0 Å². The summed E-state index contributed by atoms with van der Waals surface area (Å²) in [4.78, 5) is 21.6. The predicted octanol–water partition coefficient (Wildman–Crippen LogP) is 2.65. The van der Waals surface area contributed by atoms with Crippen molar-refractivity contribution in [2.24, 2.45) is 5.41 Å². The van der Waals surface area contributed by atoms with Crippen molar-refractivity contribution < 1.29 is 19.6 Å². The van der Waals surface area contributed by atoms with Crippen LogP contribution in [0.3, 0.4) is 0 Å². The second-order valence-electron chi connectivity index (χ2n) is 4.69. The Morgan fingerprint density at radius 3 is 2.53 bits per heavy atom. The van der Waals surface area contributed by atoms with Gasteiger partial charge in [0.05, 0.1) is 23.5 Å². The lowest BCUT2D eigenvalue weighted by Crippen LogP contribution is -2.29. The first-order valence-corrected chi connectivity index (χ1v) is 5.88. The second kappa shape index (κ2) is 5.69. The first-order valence-electron chi connectivity index (χ1n) is 5.88. The number of non-ortho nitro benzene ring substituents is 1. The van der Waals surface area contributed by atoms with E-state index in [-0.39, 0.29) is 12.1 Å². The molecular formula is C13H17NO5. The van der Waals surface area contributed by atoms with Crippen molar-refractivity contribution in [1.29, 1.82) is 0 Å². The molecule has 1 rings (SSSR count). The van der Waals surface area contributed by atoms with Gasteiger partial charge in [-0.05, 0) is 31.4 Å². The molecule has 1 aromatic carbocycles. The second-order valence-corrected chi connectivity index (χ2v) is 4.69. The summed E-state index contributed by atoms with van der Waals surface area (Å²) in [5.41, 5.74) is -0.462. The zero-order valence-corrected chi connectivity index (χ0v) is 11.2. The lowest BCUT2D eigenvalue weighted by molar-refractivity contribution is -0.385. The highest BCUT2D eigenvalue weighted by molar-refractivity contribution is 5.74.